The van der Waals surface area contributed by atoms with Crippen molar-refractivity contribution in [2.24, 2.45) is 11.8 Å². The maximum atomic E-state index is 14.0. The Morgan fingerprint density at radius 3 is 2.21 bits per heavy atom. The summed E-state index contributed by atoms with van der Waals surface area (Å²) in [6, 6.07) is 8.55. The number of halogens is 2. The highest BCUT2D eigenvalue weighted by Gasteiger charge is 2.18. The van der Waals surface area contributed by atoms with Crippen LogP contribution in [0.3, 0.4) is 0 Å². The van der Waals surface area contributed by atoms with Gasteiger partial charge in [0.1, 0.15) is 11.6 Å². The summed E-state index contributed by atoms with van der Waals surface area (Å²) in [5.41, 5.74) is 2.60. The largest absolute Gasteiger partial charge is 0.478 e. The summed E-state index contributed by atoms with van der Waals surface area (Å²) in [7, 11) is 0. The van der Waals surface area contributed by atoms with Gasteiger partial charge in [-0.3, -0.25) is 4.79 Å². The van der Waals surface area contributed by atoms with Gasteiger partial charge in [0, 0.05) is 25.2 Å². The van der Waals surface area contributed by atoms with E-state index in [1.165, 1.54) is 6.07 Å². The first-order valence-corrected chi connectivity index (χ1v) is 11.0. The molecule has 0 spiro atoms. The van der Waals surface area contributed by atoms with Crippen LogP contribution in [0.25, 0.3) is 5.57 Å². The third-order valence-corrected chi connectivity index (χ3v) is 4.94. The van der Waals surface area contributed by atoms with Crippen molar-refractivity contribution in [3.8, 4) is 0 Å². The zero-order valence-corrected chi connectivity index (χ0v) is 19.8. The Bertz CT molecular complexity index is 1020. The molecule has 178 valence electrons. The molecule has 0 aliphatic heterocycles. The van der Waals surface area contributed by atoms with Crippen molar-refractivity contribution in [3.63, 3.8) is 0 Å². The molecule has 5 nitrogen and oxygen atoms in total. The Hall–Kier alpha value is -3.22. The van der Waals surface area contributed by atoms with E-state index >= 15 is 0 Å². The van der Waals surface area contributed by atoms with E-state index in [9.17, 15) is 18.4 Å². The van der Waals surface area contributed by atoms with Crippen molar-refractivity contribution in [1.29, 1.82) is 0 Å². The molecule has 0 radical (unpaired) electrons. The second-order valence-electron chi connectivity index (χ2n) is 9.05. The summed E-state index contributed by atoms with van der Waals surface area (Å²) >= 11 is 0. The minimum absolute atomic E-state index is 0.0924. The van der Waals surface area contributed by atoms with Crippen molar-refractivity contribution in [2.75, 3.05) is 23.3 Å². The summed E-state index contributed by atoms with van der Waals surface area (Å²) in [6.45, 7) is 11.6. The van der Waals surface area contributed by atoms with Crippen LogP contribution in [0.1, 0.15) is 45.7 Å². The highest BCUT2D eigenvalue weighted by atomic mass is 19.1. The van der Waals surface area contributed by atoms with E-state index in [1.807, 2.05) is 12.1 Å². The van der Waals surface area contributed by atoms with E-state index in [-0.39, 0.29) is 12.0 Å². The number of carboxylic acids is 1. The summed E-state index contributed by atoms with van der Waals surface area (Å²) in [6.07, 6.45) is 0.850. The summed E-state index contributed by atoms with van der Waals surface area (Å²) in [5, 5.41) is 12.0. The molecule has 0 atom stereocenters. The van der Waals surface area contributed by atoms with Crippen molar-refractivity contribution in [3.05, 3.63) is 65.2 Å². The molecule has 1 amide bonds. The molecule has 0 aliphatic carbocycles. The zero-order chi connectivity index (χ0) is 24.7. The molecule has 2 aromatic rings. The molecular formula is C26H32F2N2O3. The molecule has 0 aliphatic rings. The van der Waals surface area contributed by atoms with Gasteiger partial charge in [0.25, 0.3) is 0 Å². The van der Waals surface area contributed by atoms with Crippen molar-refractivity contribution in [2.45, 2.75) is 41.0 Å². The minimum Gasteiger partial charge on any atom is -0.478 e. The number of amides is 1. The maximum absolute atomic E-state index is 14.0. The van der Waals surface area contributed by atoms with E-state index in [0.29, 0.717) is 28.7 Å². The fourth-order valence-corrected chi connectivity index (χ4v) is 3.61. The molecule has 0 heterocycles. The lowest BCUT2D eigenvalue weighted by molar-refractivity contribution is -0.131. The summed E-state index contributed by atoms with van der Waals surface area (Å²) < 4.78 is 27.2. The van der Waals surface area contributed by atoms with Crippen LogP contribution in [0.5, 0.6) is 0 Å². The molecule has 2 N–H and O–H groups in total. The highest BCUT2D eigenvalue weighted by Crippen LogP contribution is 2.31. The van der Waals surface area contributed by atoms with Crippen LogP contribution in [0.4, 0.5) is 20.2 Å². The van der Waals surface area contributed by atoms with Gasteiger partial charge in [0.15, 0.2) is 0 Å². The van der Waals surface area contributed by atoms with Gasteiger partial charge in [0.05, 0.1) is 17.8 Å². The summed E-state index contributed by atoms with van der Waals surface area (Å²) in [4.78, 5) is 26.1. The monoisotopic (exact) mass is 458 g/mol. The second-order valence-corrected chi connectivity index (χ2v) is 9.05. The van der Waals surface area contributed by atoms with E-state index in [4.69, 9.17) is 5.11 Å². The van der Waals surface area contributed by atoms with Gasteiger partial charge in [-0.2, -0.15) is 0 Å². The van der Waals surface area contributed by atoms with Gasteiger partial charge >= 0.3 is 5.97 Å². The first kappa shape index (κ1) is 26.0. The van der Waals surface area contributed by atoms with Gasteiger partial charge in [-0.25, -0.2) is 13.6 Å². The van der Waals surface area contributed by atoms with Gasteiger partial charge in [-0.1, -0.05) is 39.8 Å². The normalized spacial score (nSPS) is 11.7. The molecule has 0 bridgehead atoms. The number of benzene rings is 2. The number of hydrogen-bond acceptors (Lipinski definition) is 3. The number of aliphatic carboxylic acids is 1. The average molecular weight is 459 g/mol. The van der Waals surface area contributed by atoms with Crippen molar-refractivity contribution < 1.29 is 23.5 Å². The number of rotatable bonds is 10. The lowest BCUT2D eigenvalue weighted by Gasteiger charge is -2.31. The van der Waals surface area contributed by atoms with E-state index in [0.717, 1.165) is 37.0 Å². The van der Waals surface area contributed by atoms with Crippen LogP contribution < -0.4 is 10.2 Å². The van der Waals surface area contributed by atoms with Crippen LogP contribution in [-0.4, -0.2) is 30.1 Å². The standard InChI is InChI=1S/C26H32F2N2O3/c1-16(2)14-30(15-17(3)4)24-9-7-19(18(5)10-26(32)33)11-23(24)29-25(31)12-20-6-8-21(27)13-22(20)28/h6-11,13,16-17H,12,14-15H2,1-5H3,(H,29,31)(H,32,33)/b18-10+. The fourth-order valence-electron chi connectivity index (χ4n) is 3.61. The predicted molar refractivity (Wildman–Crippen MR) is 128 cm³/mol. The third kappa shape index (κ3) is 8.00. The lowest BCUT2D eigenvalue weighted by Crippen LogP contribution is -2.32. The predicted octanol–water partition coefficient (Wildman–Crippen LogP) is 5.75. The van der Waals surface area contributed by atoms with Crippen molar-refractivity contribution in [1.82, 2.24) is 0 Å². The number of carboxylic acid groups (broad SMARTS) is 1. The first-order chi connectivity index (χ1) is 15.5. The number of allylic oxidation sites excluding steroid dienone is 1. The van der Waals surface area contributed by atoms with Crippen LogP contribution >= 0.6 is 0 Å². The van der Waals surface area contributed by atoms with E-state index < -0.39 is 23.5 Å². The van der Waals surface area contributed by atoms with E-state index in [1.54, 1.807) is 13.0 Å². The third-order valence-electron chi connectivity index (χ3n) is 4.94. The zero-order valence-electron chi connectivity index (χ0n) is 19.8. The Balaban J connectivity index is 2.45. The first-order valence-electron chi connectivity index (χ1n) is 11.0. The fraction of sp³-hybridized carbons (Fsp3) is 0.385. The Labute approximate surface area is 194 Å². The van der Waals surface area contributed by atoms with E-state index in [2.05, 4.69) is 37.9 Å². The smallest absolute Gasteiger partial charge is 0.328 e. The van der Waals surface area contributed by atoms with Crippen LogP contribution in [-0.2, 0) is 16.0 Å². The van der Waals surface area contributed by atoms with Gasteiger partial charge < -0.3 is 15.3 Å². The molecular weight excluding hydrogens is 426 g/mol. The molecule has 2 rings (SSSR count). The SMILES string of the molecule is C/C(=C\C(=O)O)c1ccc(N(CC(C)C)CC(C)C)c(NC(=O)Cc2ccc(F)cc2F)c1. The molecule has 0 saturated carbocycles. The number of nitrogens with one attached hydrogen (secondary N) is 1. The van der Waals surface area contributed by atoms with Crippen LogP contribution in [0.15, 0.2) is 42.5 Å². The number of carbonyl (C=O) groups excluding carboxylic acids is 1. The quantitative estimate of drug-likeness (QED) is 0.445. The lowest BCUT2D eigenvalue weighted by atomic mass is 10.0. The average Bonchev–Trinajstić information content (AvgIpc) is 2.68. The van der Waals surface area contributed by atoms with Gasteiger partial charge in [-0.15, -0.1) is 0 Å². The highest BCUT2D eigenvalue weighted by molar-refractivity contribution is 5.97. The molecule has 2 aromatic carbocycles. The Kier molecular flexibility index (Phi) is 9.14. The summed E-state index contributed by atoms with van der Waals surface area (Å²) in [5.74, 6) is -2.25. The number of anilines is 2. The molecule has 33 heavy (non-hydrogen) atoms. The van der Waals surface area contributed by atoms with Crippen molar-refractivity contribution >= 4 is 28.8 Å². The molecule has 0 aromatic heterocycles. The molecule has 0 saturated heterocycles. The second kappa shape index (κ2) is 11.6. The number of nitrogens with zero attached hydrogens (tertiary/aromatic N) is 1. The Morgan fingerprint density at radius 1 is 1.03 bits per heavy atom. The molecule has 0 fully saturated rings. The van der Waals surface area contributed by atoms with Gasteiger partial charge in [-0.05, 0) is 53.7 Å². The number of carbonyl (C=O) groups is 2. The van der Waals surface area contributed by atoms with Gasteiger partial charge in [0.2, 0.25) is 5.91 Å². The number of hydrogen-bond donors (Lipinski definition) is 2. The molecule has 0 unspecified atom stereocenters. The Morgan fingerprint density at radius 2 is 1.67 bits per heavy atom. The topological polar surface area (TPSA) is 69.6 Å². The van der Waals surface area contributed by atoms with Crippen LogP contribution in [0, 0.1) is 23.5 Å². The maximum Gasteiger partial charge on any atom is 0.328 e. The minimum atomic E-state index is -1.06. The van der Waals surface area contributed by atoms with Crippen LogP contribution in [0.2, 0.25) is 0 Å². The molecule has 7 heteroatoms.